The van der Waals surface area contributed by atoms with Gasteiger partial charge in [-0.15, -0.1) is 0 Å². The van der Waals surface area contributed by atoms with Crippen molar-refractivity contribution in [2.75, 3.05) is 0 Å². The lowest BCUT2D eigenvalue weighted by atomic mass is 10.1. The third kappa shape index (κ3) is 3.44. The largest absolute Gasteiger partial charge is 0.507 e. The van der Waals surface area contributed by atoms with Crippen molar-refractivity contribution in [2.45, 2.75) is 13.0 Å². The molecule has 0 aliphatic carbocycles. The molecule has 0 aromatic heterocycles. The van der Waals surface area contributed by atoms with Crippen LogP contribution in [-0.4, -0.2) is 11.0 Å². The minimum absolute atomic E-state index is 0.145. The summed E-state index contributed by atoms with van der Waals surface area (Å²) in [7, 11) is 0. The second kappa shape index (κ2) is 6.16. The number of benzene rings is 2. The van der Waals surface area contributed by atoms with E-state index in [2.05, 4.69) is 5.32 Å². The molecule has 3 nitrogen and oxygen atoms in total. The van der Waals surface area contributed by atoms with Crippen LogP contribution in [0.3, 0.4) is 0 Å². The summed E-state index contributed by atoms with van der Waals surface area (Å²) >= 11 is 11.7. The van der Waals surface area contributed by atoms with Crippen LogP contribution in [0.15, 0.2) is 42.5 Å². The third-order valence-corrected chi connectivity index (χ3v) is 3.37. The standard InChI is InChI=1S/C15H13Cl2NO2/c1-9(10-3-2-4-11(16)7-10)18-15(20)13-6-5-12(17)8-14(13)19/h2-9,19H,1H3,(H,18,20). The summed E-state index contributed by atoms with van der Waals surface area (Å²) in [6, 6.07) is 11.4. The first-order valence-corrected chi connectivity index (χ1v) is 6.78. The molecule has 1 amide bonds. The van der Waals surface area contributed by atoms with Gasteiger partial charge < -0.3 is 10.4 Å². The maximum atomic E-state index is 12.1. The minimum atomic E-state index is -0.369. The maximum absolute atomic E-state index is 12.1. The third-order valence-electron chi connectivity index (χ3n) is 2.90. The Kier molecular flexibility index (Phi) is 4.53. The molecule has 2 N–H and O–H groups in total. The summed E-state index contributed by atoms with van der Waals surface area (Å²) in [4.78, 5) is 12.1. The average Bonchev–Trinajstić information content (AvgIpc) is 2.38. The number of aromatic hydroxyl groups is 1. The molecule has 5 heteroatoms. The van der Waals surface area contributed by atoms with E-state index < -0.39 is 0 Å². The maximum Gasteiger partial charge on any atom is 0.255 e. The van der Waals surface area contributed by atoms with Crippen molar-refractivity contribution < 1.29 is 9.90 Å². The molecular weight excluding hydrogens is 297 g/mol. The van der Waals surface area contributed by atoms with Crippen molar-refractivity contribution in [3.63, 3.8) is 0 Å². The van der Waals surface area contributed by atoms with Crippen LogP contribution in [0.4, 0.5) is 0 Å². The molecule has 0 fully saturated rings. The second-order valence-electron chi connectivity index (χ2n) is 4.41. The van der Waals surface area contributed by atoms with Gasteiger partial charge in [-0.25, -0.2) is 0 Å². The molecule has 1 atom stereocenters. The van der Waals surface area contributed by atoms with Gasteiger partial charge in [0.15, 0.2) is 0 Å². The molecule has 2 aromatic carbocycles. The van der Waals surface area contributed by atoms with Crippen LogP contribution in [0.2, 0.25) is 10.0 Å². The predicted octanol–water partition coefficient (Wildman–Crippen LogP) is 4.19. The molecule has 0 radical (unpaired) electrons. The fourth-order valence-corrected chi connectivity index (χ4v) is 2.20. The number of carbonyl (C=O) groups is 1. The molecule has 2 rings (SSSR count). The number of halogens is 2. The van der Waals surface area contributed by atoms with Gasteiger partial charge in [0.05, 0.1) is 11.6 Å². The Bertz CT molecular complexity index is 644. The summed E-state index contributed by atoms with van der Waals surface area (Å²) in [6.45, 7) is 1.84. The SMILES string of the molecule is CC(NC(=O)c1ccc(Cl)cc1O)c1cccc(Cl)c1. The summed E-state index contributed by atoms with van der Waals surface area (Å²) < 4.78 is 0. The molecule has 104 valence electrons. The first-order valence-electron chi connectivity index (χ1n) is 6.02. The molecule has 20 heavy (non-hydrogen) atoms. The van der Waals surface area contributed by atoms with Gasteiger partial charge >= 0.3 is 0 Å². The number of rotatable bonds is 3. The van der Waals surface area contributed by atoms with Gasteiger partial charge in [0, 0.05) is 10.0 Å². The van der Waals surface area contributed by atoms with Crippen LogP contribution in [-0.2, 0) is 0 Å². The molecule has 0 aliphatic rings. The Morgan fingerprint density at radius 1 is 1.15 bits per heavy atom. The van der Waals surface area contributed by atoms with E-state index in [1.807, 2.05) is 19.1 Å². The highest BCUT2D eigenvalue weighted by atomic mass is 35.5. The lowest BCUT2D eigenvalue weighted by Gasteiger charge is -2.15. The fourth-order valence-electron chi connectivity index (χ4n) is 1.83. The Hall–Kier alpha value is -1.71. The van der Waals surface area contributed by atoms with Crippen molar-refractivity contribution in [3.05, 3.63) is 63.6 Å². The lowest BCUT2D eigenvalue weighted by Crippen LogP contribution is -2.26. The molecule has 0 saturated heterocycles. The number of carbonyl (C=O) groups excluding carboxylic acids is 1. The minimum Gasteiger partial charge on any atom is -0.507 e. The van der Waals surface area contributed by atoms with Crippen molar-refractivity contribution in [1.29, 1.82) is 0 Å². The molecule has 2 aromatic rings. The lowest BCUT2D eigenvalue weighted by molar-refractivity contribution is 0.0937. The van der Waals surface area contributed by atoms with Crippen molar-refractivity contribution in [2.24, 2.45) is 0 Å². The van der Waals surface area contributed by atoms with Crippen LogP contribution in [0, 0.1) is 0 Å². The van der Waals surface area contributed by atoms with Gasteiger partial charge in [-0.2, -0.15) is 0 Å². The quantitative estimate of drug-likeness (QED) is 0.893. The summed E-state index contributed by atoms with van der Waals surface area (Å²) in [5.41, 5.74) is 1.07. The Morgan fingerprint density at radius 2 is 1.85 bits per heavy atom. The van der Waals surface area contributed by atoms with Gasteiger partial charge in [-0.1, -0.05) is 35.3 Å². The Morgan fingerprint density at radius 3 is 2.50 bits per heavy atom. The van der Waals surface area contributed by atoms with Gasteiger partial charge in [0.25, 0.3) is 5.91 Å². The number of hydrogen-bond donors (Lipinski definition) is 2. The number of nitrogens with one attached hydrogen (secondary N) is 1. The smallest absolute Gasteiger partial charge is 0.255 e. The highest BCUT2D eigenvalue weighted by Crippen LogP contribution is 2.23. The number of phenols is 1. The zero-order valence-electron chi connectivity index (χ0n) is 10.7. The van der Waals surface area contributed by atoms with Crippen LogP contribution in [0.1, 0.15) is 28.9 Å². The van der Waals surface area contributed by atoms with E-state index in [1.165, 1.54) is 12.1 Å². The van der Waals surface area contributed by atoms with E-state index in [9.17, 15) is 9.90 Å². The summed E-state index contributed by atoms with van der Waals surface area (Å²) in [5, 5.41) is 13.5. The van der Waals surface area contributed by atoms with Crippen molar-refractivity contribution >= 4 is 29.1 Å². The van der Waals surface area contributed by atoms with Crippen LogP contribution >= 0.6 is 23.2 Å². The summed E-state index contributed by atoms with van der Waals surface area (Å²) in [6.07, 6.45) is 0. The van der Waals surface area contributed by atoms with E-state index >= 15 is 0 Å². The van der Waals surface area contributed by atoms with Crippen LogP contribution < -0.4 is 5.32 Å². The van der Waals surface area contributed by atoms with Crippen LogP contribution in [0.25, 0.3) is 0 Å². The van der Waals surface area contributed by atoms with Gasteiger partial charge in [-0.3, -0.25) is 4.79 Å². The molecule has 0 heterocycles. The normalized spacial score (nSPS) is 11.9. The molecule has 0 spiro atoms. The van der Waals surface area contributed by atoms with E-state index in [-0.39, 0.29) is 23.3 Å². The average molecular weight is 310 g/mol. The molecule has 0 aliphatic heterocycles. The fraction of sp³-hybridized carbons (Fsp3) is 0.133. The molecular formula is C15H13Cl2NO2. The zero-order chi connectivity index (χ0) is 14.7. The highest BCUT2D eigenvalue weighted by molar-refractivity contribution is 6.31. The zero-order valence-corrected chi connectivity index (χ0v) is 12.2. The molecule has 1 unspecified atom stereocenters. The van der Waals surface area contributed by atoms with Gasteiger partial charge in [0.2, 0.25) is 0 Å². The monoisotopic (exact) mass is 309 g/mol. The summed E-state index contributed by atoms with van der Waals surface area (Å²) in [5.74, 6) is -0.514. The molecule has 0 saturated carbocycles. The van der Waals surface area contributed by atoms with E-state index in [4.69, 9.17) is 23.2 Å². The molecule has 0 bridgehead atoms. The predicted molar refractivity (Wildman–Crippen MR) is 80.5 cm³/mol. The van der Waals surface area contributed by atoms with Crippen LogP contribution in [0.5, 0.6) is 5.75 Å². The van der Waals surface area contributed by atoms with E-state index in [1.54, 1.807) is 18.2 Å². The highest BCUT2D eigenvalue weighted by Gasteiger charge is 2.15. The first-order chi connectivity index (χ1) is 9.47. The van der Waals surface area contributed by atoms with Gasteiger partial charge in [0.1, 0.15) is 5.75 Å². The topological polar surface area (TPSA) is 49.3 Å². The second-order valence-corrected chi connectivity index (χ2v) is 5.28. The van der Waals surface area contributed by atoms with E-state index in [0.29, 0.717) is 10.0 Å². The van der Waals surface area contributed by atoms with E-state index in [0.717, 1.165) is 5.56 Å². The first kappa shape index (κ1) is 14.7. The van der Waals surface area contributed by atoms with Crippen molar-refractivity contribution in [1.82, 2.24) is 5.32 Å². The Labute approximate surface area is 127 Å². The number of amides is 1. The van der Waals surface area contributed by atoms with Gasteiger partial charge in [-0.05, 0) is 42.8 Å². The number of hydrogen-bond acceptors (Lipinski definition) is 2. The Balaban J connectivity index is 2.15. The van der Waals surface area contributed by atoms with Crippen molar-refractivity contribution in [3.8, 4) is 5.75 Å². The number of phenolic OH excluding ortho intramolecular Hbond substituents is 1.